The zero-order valence-corrected chi connectivity index (χ0v) is 8.76. The Balaban J connectivity index is 2.61. The van der Waals surface area contributed by atoms with Crippen LogP contribution in [0.4, 0.5) is 0 Å². The molecule has 1 aliphatic heterocycles. The summed E-state index contributed by atoms with van der Waals surface area (Å²) in [6, 6.07) is 1.72. The molecule has 1 aliphatic rings. The van der Waals surface area contributed by atoms with Crippen molar-refractivity contribution in [3.8, 4) is 11.5 Å². The average Bonchev–Trinajstić information content (AvgIpc) is 2.58. The predicted molar refractivity (Wildman–Crippen MR) is 52.9 cm³/mol. The van der Waals surface area contributed by atoms with E-state index in [9.17, 15) is 5.11 Å². The minimum atomic E-state index is -0.601. The fourth-order valence-corrected chi connectivity index (χ4v) is 1.81. The highest BCUT2D eigenvalue weighted by atomic mass is 35.5. The molecule has 2 rings (SSSR count). The van der Waals surface area contributed by atoms with Crippen molar-refractivity contribution in [3.63, 3.8) is 0 Å². The first-order valence-electron chi connectivity index (χ1n) is 4.38. The highest BCUT2D eigenvalue weighted by Gasteiger charge is 2.22. The van der Waals surface area contributed by atoms with Crippen LogP contribution < -0.4 is 9.47 Å². The van der Waals surface area contributed by atoms with E-state index in [4.69, 9.17) is 21.1 Å². The molecule has 0 saturated heterocycles. The summed E-state index contributed by atoms with van der Waals surface area (Å²) in [7, 11) is 0. The second-order valence-electron chi connectivity index (χ2n) is 3.31. The van der Waals surface area contributed by atoms with Gasteiger partial charge in [-0.3, -0.25) is 0 Å². The lowest BCUT2D eigenvalue weighted by Crippen LogP contribution is -1.95. The van der Waals surface area contributed by atoms with E-state index in [1.165, 1.54) is 0 Å². The minimum Gasteiger partial charge on any atom is -0.454 e. The Labute approximate surface area is 87.2 Å². The number of aliphatic hydroxyl groups is 1. The van der Waals surface area contributed by atoms with Gasteiger partial charge in [-0.15, -0.1) is 0 Å². The molecule has 0 aromatic heterocycles. The van der Waals surface area contributed by atoms with E-state index >= 15 is 0 Å². The molecule has 0 bridgehead atoms. The summed E-state index contributed by atoms with van der Waals surface area (Å²) in [5, 5.41) is 10.0. The van der Waals surface area contributed by atoms with Crippen LogP contribution in [0.2, 0.25) is 5.02 Å². The molecule has 0 spiro atoms. The Kier molecular flexibility index (Phi) is 2.29. The normalized spacial score (nSPS) is 15.7. The summed E-state index contributed by atoms with van der Waals surface area (Å²) in [6.07, 6.45) is -0.601. The maximum absolute atomic E-state index is 9.48. The Morgan fingerprint density at radius 2 is 2.21 bits per heavy atom. The van der Waals surface area contributed by atoms with E-state index < -0.39 is 6.10 Å². The van der Waals surface area contributed by atoms with Gasteiger partial charge in [0, 0.05) is 11.1 Å². The third kappa shape index (κ3) is 1.33. The highest BCUT2D eigenvalue weighted by Crippen LogP contribution is 2.42. The van der Waals surface area contributed by atoms with Gasteiger partial charge in [0.25, 0.3) is 0 Å². The first-order chi connectivity index (χ1) is 6.61. The number of fused-ring (bicyclic) bond motifs is 1. The van der Waals surface area contributed by atoms with Gasteiger partial charge in [-0.05, 0) is 19.9 Å². The van der Waals surface area contributed by atoms with Gasteiger partial charge in [0.05, 0.1) is 11.1 Å². The summed E-state index contributed by atoms with van der Waals surface area (Å²) in [5.74, 6) is 1.34. The van der Waals surface area contributed by atoms with E-state index in [0.29, 0.717) is 22.1 Å². The molecule has 3 nitrogen and oxygen atoms in total. The smallest absolute Gasteiger partial charge is 0.231 e. The second kappa shape index (κ2) is 3.33. The molecule has 1 aromatic rings. The predicted octanol–water partition coefficient (Wildman–Crippen LogP) is 2.43. The number of hydrogen-bond donors (Lipinski definition) is 1. The molecule has 1 unspecified atom stereocenters. The van der Waals surface area contributed by atoms with Crippen molar-refractivity contribution in [3.05, 3.63) is 22.2 Å². The van der Waals surface area contributed by atoms with E-state index in [1.54, 1.807) is 13.0 Å². The maximum Gasteiger partial charge on any atom is 0.231 e. The van der Waals surface area contributed by atoms with Crippen LogP contribution in [0.15, 0.2) is 6.07 Å². The highest BCUT2D eigenvalue weighted by molar-refractivity contribution is 6.32. The number of ether oxygens (including phenoxy) is 2. The molecule has 0 saturated carbocycles. The Morgan fingerprint density at radius 1 is 1.50 bits per heavy atom. The monoisotopic (exact) mass is 214 g/mol. The van der Waals surface area contributed by atoms with Gasteiger partial charge in [-0.2, -0.15) is 0 Å². The van der Waals surface area contributed by atoms with Gasteiger partial charge in [0.15, 0.2) is 11.5 Å². The average molecular weight is 215 g/mol. The molecule has 0 amide bonds. The summed E-state index contributed by atoms with van der Waals surface area (Å²) in [4.78, 5) is 0. The Hall–Kier alpha value is -0.930. The second-order valence-corrected chi connectivity index (χ2v) is 3.69. The van der Waals surface area contributed by atoms with Crippen molar-refractivity contribution in [2.45, 2.75) is 20.0 Å². The van der Waals surface area contributed by atoms with Crippen LogP contribution in [0.3, 0.4) is 0 Å². The van der Waals surface area contributed by atoms with Crippen LogP contribution in [-0.2, 0) is 0 Å². The van der Waals surface area contributed by atoms with Crippen molar-refractivity contribution in [1.29, 1.82) is 0 Å². The fourth-order valence-electron chi connectivity index (χ4n) is 1.51. The number of benzene rings is 1. The van der Waals surface area contributed by atoms with E-state index in [2.05, 4.69) is 0 Å². The molecule has 1 atom stereocenters. The van der Waals surface area contributed by atoms with Crippen LogP contribution >= 0.6 is 11.6 Å². The Bertz CT molecular complexity index is 374. The molecule has 0 fully saturated rings. The molecule has 0 radical (unpaired) electrons. The molecule has 76 valence electrons. The molecule has 14 heavy (non-hydrogen) atoms. The lowest BCUT2D eigenvalue weighted by Gasteiger charge is -2.11. The first kappa shape index (κ1) is 9.62. The quantitative estimate of drug-likeness (QED) is 0.781. The topological polar surface area (TPSA) is 38.7 Å². The van der Waals surface area contributed by atoms with Crippen LogP contribution in [0, 0.1) is 6.92 Å². The standard InChI is InChI=1S/C10H11ClO3/c1-5-9(11)7(6(2)12)3-8-10(5)14-4-13-8/h3,6,12H,4H2,1-2H3. The van der Waals surface area contributed by atoms with Crippen LogP contribution in [0.1, 0.15) is 24.2 Å². The molecular weight excluding hydrogens is 204 g/mol. The third-order valence-corrected chi connectivity index (χ3v) is 2.80. The molecule has 0 aliphatic carbocycles. The summed E-state index contributed by atoms with van der Waals surface area (Å²) in [5.41, 5.74) is 1.49. The lowest BCUT2D eigenvalue weighted by molar-refractivity contribution is 0.173. The van der Waals surface area contributed by atoms with Gasteiger partial charge in [0.2, 0.25) is 6.79 Å². The van der Waals surface area contributed by atoms with Gasteiger partial charge < -0.3 is 14.6 Å². The Morgan fingerprint density at radius 3 is 2.86 bits per heavy atom. The van der Waals surface area contributed by atoms with Gasteiger partial charge in [-0.25, -0.2) is 0 Å². The lowest BCUT2D eigenvalue weighted by atomic mass is 10.1. The number of aliphatic hydroxyl groups excluding tert-OH is 1. The van der Waals surface area contributed by atoms with Gasteiger partial charge in [0.1, 0.15) is 0 Å². The van der Waals surface area contributed by atoms with E-state index in [1.807, 2.05) is 6.92 Å². The maximum atomic E-state index is 9.48. The first-order valence-corrected chi connectivity index (χ1v) is 4.75. The zero-order valence-electron chi connectivity index (χ0n) is 8.00. The van der Waals surface area contributed by atoms with Crippen molar-refractivity contribution >= 4 is 11.6 Å². The summed E-state index contributed by atoms with van der Waals surface area (Å²) >= 11 is 6.08. The van der Waals surface area contributed by atoms with Crippen molar-refractivity contribution in [1.82, 2.24) is 0 Å². The van der Waals surface area contributed by atoms with E-state index in [-0.39, 0.29) is 6.79 Å². The van der Waals surface area contributed by atoms with E-state index in [0.717, 1.165) is 5.56 Å². The molecule has 1 heterocycles. The van der Waals surface area contributed by atoms with Crippen LogP contribution in [0.5, 0.6) is 11.5 Å². The van der Waals surface area contributed by atoms with Gasteiger partial charge >= 0.3 is 0 Å². The number of halogens is 1. The summed E-state index contributed by atoms with van der Waals surface area (Å²) < 4.78 is 10.5. The van der Waals surface area contributed by atoms with Crippen molar-refractivity contribution in [2.75, 3.05) is 6.79 Å². The summed E-state index contributed by atoms with van der Waals surface area (Å²) in [6.45, 7) is 3.74. The molecule has 4 heteroatoms. The number of hydrogen-bond acceptors (Lipinski definition) is 3. The van der Waals surface area contributed by atoms with Crippen molar-refractivity contribution < 1.29 is 14.6 Å². The van der Waals surface area contributed by atoms with Gasteiger partial charge in [-0.1, -0.05) is 11.6 Å². The van der Waals surface area contributed by atoms with Crippen molar-refractivity contribution in [2.24, 2.45) is 0 Å². The molecule has 1 aromatic carbocycles. The minimum absolute atomic E-state index is 0.218. The SMILES string of the molecule is Cc1c(Cl)c(C(C)O)cc2c1OCO2. The van der Waals surface area contributed by atoms with Crippen LogP contribution in [0.25, 0.3) is 0 Å². The number of rotatable bonds is 1. The largest absolute Gasteiger partial charge is 0.454 e. The molecular formula is C10H11ClO3. The molecule has 1 N–H and O–H groups in total. The zero-order chi connectivity index (χ0) is 10.3. The third-order valence-electron chi connectivity index (χ3n) is 2.30. The fraction of sp³-hybridized carbons (Fsp3) is 0.400. The van der Waals surface area contributed by atoms with Crippen LogP contribution in [-0.4, -0.2) is 11.9 Å².